The van der Waals surface area contributed by atoms with Crippen LogP contribution < -0.4 is 10.6 Å². The van der Waals surface area contributed by atoms with Crippen LogP contribution in [0.4, 0.5) is 5.82 Å². The molecule has 0 saturated carbocycles. The van der Waals surface area contributed by atoms with Crippen molar-refractivity contribution in [2.75, 3.05) is 25.0 Å². The molecule has 1 fully saturated rings. The molecule has 2 aromatic carbocycles. The van der Waals surface area contributed by atoms with Gasteiger partial charge < -0.3 is 15.7 Å². The predicted octanol–water partition coefficient (Wildman–Crippen LogP) is 4.90. The average Bonchev–Trinajstić information content (AvgIpc) is 2.97. The van der Waals surface area contributed by atoms with Crippen LogP contribution in [0, 0.1) is 6.92 Å². The van der Waals surface area contributed by atoms with Gasteiger partial charge in [0.15, 0.2) is 5.82 Å². The van der Waals surface area contributed by atoms with E-state index in [1.54, 1.807) is 0 Å². The highest BCUT2D eigenvalue weighted by Crippen LogP contribution is 2.37. The Hall–Kier alpha value is -3.29. The van der Waals surface area contributed by atoms with Crippen LogP contribution in [-0.2, 0) is 30.6 Å². The number of nitrogens with zero attached hydrogens (tertiary/aromatic N) is 4. The normalized spacial score (nSPS) is 18.6. The molecule has 3 aromatic rings. The van der Waals surface area contributed by atoms with Crippen LogP contribution in [-0.4, -0.2) is 51.6 Å². The lowest BCUT2D eigenvalue weighted by Gasteiger charge is -2.39. The van der Waals surface area contributed by atoms with Gasteiger partial charge in [-0.1, -0.05) is 56.3 Å². The number of carbonyl (C=O) groups excluding carboxylic acids is 1. The maximum absolute atomic E-state index is 12.0. The number of fused-ring (bicyclic) bond motifs is 1. The number of nitrogens with two attached hydrogens (primary N) is 1. The lowest BCUT2D eigenvalue weighted by Crippen LogP contribution is -2.52. The smallest absolute Gasteiger partial charge is 0.249 e. The van der Waals surface area contributed by atoms with Gasteiger partial charge in [-0.05, 0) is 68.3 Å². The first kappa shape index (κ1) is 28.2. The van der Waals surface area contributed by atoms with E-state index in [1.807, 2.05) is 0 Å². The van der Waals surface area contributed by atoms with Crippen LogP contribution in [0.5, 0.6) is 0 Å². The predicted molar refractivity (Wildman–Crippen MR) is 160 cm³/mol. The van der Waals surface area contributed by atoms with Crippen LogP contribution in [0.2, 0.25) is 0 Å². The van der Waals surface area contributed by atoms with E-state index in [2.05, 4.69) is 80.1 Å². The van der Waals surface area contributed by atoms with Crippen LogP contribution in [0.3, 0.4) is 0 Å². The minimum Gasteiger partial charge on any atom is -0.380 e. The second-order valence-corrected chi connectivity index (χ2v) is 11.5. The van der Waals surface area contributed by atoms with Gasteiger partial charge in [0, 0.05) is 55.3 Å². The van der Waals surface area contributed by atoms with Crippen LogP contribution in [0.1, 0.15) is 79.1 Å². The number of aliphatic hydroxyl groups is 1. The largest absolute Gasteiger partial charge is 0.380 e. The molecular weight excluding hydrogens is 498 g/mol. The number of primary amides is 1. The quantitative estimate of drug-likeness (QED) is 0.421. The average molecular weight is 542 g/mol. The zero-order valence-corrected chi connectivity index (χ0v) is 24.4. The van der Waals surface area contributed by atoms with Crippen molar-refractivity contribution in [2.45, 2.75) is 83.9 Å². The fourth-order valence-electron chi connectivity index (χ4n) is 6.55. The summed E-state index contributed by atoms with van der Waals surface area (Å²) in [6, 6.07) is 15.6. The summed E-state index contributed by atoms with van der Waals surface area (Å²) in [5.74, 6) is 1.01. The van der Waals surface area contributed by atoms with Crippen molar-refractivity contribution in [1.82, 2.24) is 14.9 Å². The standard InChI is InChI=1S/C33H43N5O2/c1-5-23-12-9-13-24(6-2)29(23)30-35-22(3)27(31(36-30)38-19-17-33(40,18-20-38)32(34)39)21-37(4)28-16-10-14-25-11-7-8-15-26(25)28/h7-9,11-13,15,28,40H,5-6,10,14,16-21H2,1-4H3,(H2,34,39)/t28-/m0/s1. The molecule has 1 aliphatic heterocycles. The highest BCUT2D eigenvalue weighted by Gasteiger charge is 2.39. The van der Waals surface area contributed by atoms with E-state index in [-0.39, 0.29) is 12.8 Å². The zero-order chi connectivity index (χ0) is 28.4. The van der Waals surface area contributed by atoms with Crippen LogP contribution in [0.25, 0.3) is 11.4 Å². The van der Waals surface area contributed by atoms with Crippen molar-refractivity contribution >= 4 is 11.7 Å². The molecule has 1 saturated heterocycles. The van der Waals surface area contributed by atoms with Crippen molar-refractivity contribution < 1.29 is 9.90 Å². The Labute approximate surface area is 238 Å². The van der Waals surface area contributed by atoms with Gasteiger partial charge in [0.2, 0.25) is 5.91 Å². The molecule has 2 heterocycles. The van der Waals surface area contributed by atoms with Crippen LogP contribution >= 0.6 is 0 Å². The first-order chi connectivity index (χ1) is 19.3. The summed E-state index contributed by atoms with van der Waals surface area (Å²) in [6.45, 7) is 8.17. The molecule has 7 heteroatoms. The molecule has 0 bridgehead atoms. The summed E-state index contributed by atoms with van der Waals surface area (Å²) in [4.78, 5) is 27.0. The molecule has 3 N–H and O–H groups in total. The summed E-state index contributed by atoms with van der Waals surface area (Å²) in [7, 11) is 2.20. The van der Waals surface area contributed by atoms with Gasteiger partial charge in [-0.2, -0.15) is 0 Å². The molecule has 2 aliphatic rings. The number of rotatable bonds is 8. The first-order valence-electron chi connectivity index (χ1n) is 14.8. The highest BCUT2D eigenvalue weighted by molar-refractivity contribution is 5.83. The minimum atomic E-state index is -1.46. The number of carbonyl (C=O) groups is 1. The highest BCUT2D eigenvalue weighted by atomic mass is 16.3. The Kier molecular flexibility index (Phi) is 8.24. The van der Waals surface area contributed by atoms with E-state index in [9.17, 15) is 9.90 Å². The number of piperidine rings is 1. The fourth-order valence-corrected chi connectivity index (χ4v) is 6.55. The number of aromatic nitrogens is 2. The van der Waals surface area contributed by atoms with Gasteiger partial charge >= 0.3 is 0 Å². The topological polar surface area (TPSA) is 95.6 Å². The molecule has 1 atom stereocenters. The molecule has 0 radical (unpaired) electrons. The number of amides is 1. The summed E-state index contributed by atoms with van der Waals surface area (Å²) in [5, 5.41) is 10.8. The number of anilines is 1. The van der Waals surface area contributed by atoms with E-state index < -0.39 is 11.5 Å². The molecule has 7 nitrogen and oxygen atoms in total. The summed E-state index contributed by atoms with van der Waals surface area (Å²) in [5.41, 5.74) is 12.6. The molecule has 1 aromatic heterocycles. The second-order valence-electron chi connectivity index (χ2n) is 11.5. The maximum atomic E-state index is 12.0. The molecule has 5 rings (SSSR count). The van der Waals surface area contributed by atoms with Crippen molar-refractivity contribution in [1.29, 1.82) is 0 Å². The van der Waals surface area contributed by atoms with E-state index in [0.29, 0.717) is 25.7 Å². The molecular formula is C33H43N5O2. The van der Waals surface area contributed by atoms with Gasteiger partial charge in [0.25, 0.3) is 0 Å². The van der Waals surface area contributed by atoms with Gasteiger partial charge in [-0.15, -0.1) is 0 Å². The third-order valence-electron chi connectivity index (χ3n) is 9.04. The van der Waals surface area contributed by atoms with Crippen molar-refractivity contribution in [3.63, 3.8) is 0 Å². The number of aryl methyl sites for hydroxylation is 4. The second kappa shape index (κ2) is 11.7. The van der Waals surface area contributed by atoms with Crippen molar-refractivity contribution in [2.24, 2.45) is 5.73 Å². The molecule has 40 heavy (non-hydrogen) atoms. The molecule has 212 valence electrons. The SMILES string of the molecule is CCc1cccc(CC)c1-c1nc(C)c(CN(C)[C@H]2CCCc3ccccc32)c(N2CCC(O)(C(N)=O)CC2)n1. The van der Waals surface area contributed by atoms with Gasteiger partial charge in [0.05, 0.1) is 0 Å². The van der Waals surface area contributed by atoms with Crippen molar-refractivity contribution in [3.8, 4) is 11.4 Å². The molecule has 1 amide bonds. The number of hydrogen-bond donors (Lipinski definition) is 2. The summed E-state index contributed by atoms with van der Waals surface area (Å²) in [6.07, 6.45) is 5.83. The lowest BCUT2D eigenvalue weighted by molar-refractivity contribution is -0.138. The van der Waals surface area contributed by atoms with E-state index in [0.717, 1.165) is 54.1 Å². The summed E-state index contributed by atoms with van der Waals surface area (Å²) >= 11 is 0. The molecule has 0 spiro atoms. The van der Waals surface area contributed by atoms with E-state index in [4.69, 9.17) is 15.7 Å². The van der Waals surface area contributed by atoms with Crippen molar-refractivity contribution in [3.05, 3.63) is 76.0 Å². The molecule has 0 unspecified atom stereocenters. The lowest BCUT2D eigenvalue weighted by atomic mass is 9.87. The third-order valence-corrected chi connectivity index (χ3v) is 9.04. The Balaban J connectivity index is 1.56. The first-order valence-corrected chi connectivity index (χ1v) is 14.8. The molecule has 1 aliphatic carbocycles. The fraction of sp³-hybridized carbons (Fsp3) is 0.485. The monoisotopic (exact) mass is 541 g/mol. The summed E-state index contributed by atoms with van der Waals surface area (Å²) < 4.78 is 0. The zero-order valence-electron chi connectivity index (χ0n) is 24.4. The van der Waals surface area contributed by atoms with Gasteiger partial charge in [-0.3, -0.25) is 9.69 Å². The van der Waals surface area contributed by atoms with Gasteiger partial charge in [0.1, 0.15) is 11.4 Å². The van der Waals surface area contributed by atoms with Crippen LogP contribution in [0.15, 0.2) is 42.5 Å². The Morgan fingerprint density at radius 3 is 2.40 bits per heavy atom. The van der Waals surface area contributed by atoms with E-state index >= 15 is 0 Å². The Morgan fingerprint density at radius 1 is 1.07 bits per heavy atom. The maximum Gasteiger partial charge on any atom is 0.249 e. The number of benzene rings is 2. The Morgan fingerprint density at radius 2 is 1.75 bits per heavy atom. The minimum absolute atomic E-state index is 0.289. The number of hydrogen-bond acceptors (Lipinski definition) is 6. The third kappa shape index (κ3) is 5.37. The van der Waals surface area contributed by atoms with Gasteiger partial charge in [-0.25, -0.2) is 9.97 Å². The Bertz CT molecular complexity index is 1360. The van der Waals surface area contributed by atoms with E-state index in [1.165, 1.54) is 28.7 Å².